The van der Waals surface area contributed by atoms with E-state index in [9.17, 15) is 0 Å². The molecule has 0 radical (unpaired) electrons. The van der Waals surface area contributed by atoms with E-state index in [1.54, 1.807) is 7.11 Å². The molecule has 5 heteroatoms. The van der Waals surface area contributed by atoms with Crippen LogP contribution in [0, 0.1) is 0 Å². The van der Waals surface area contributed by atoms with Crippen molar-refractivity contribution in [3.8, 4) is 5.75 Å². The van der Waals surface area contributed by atoms with Gasteiger partial charge in [0.2, 0.25) is 0 Å². The summed E-state index contributed by atoms with van der Waals surface area (Å²) in [6, 6.07) is 7.91. The lowest BCUT2D eigenvalue weighted by Crippen LogP contribution is -2.71. The second-order valence-electron chi connectivity index (χ2n) is 5.21. The Labute approximate surface area is 107 Å². The van der Waals surface area contributed by atoms with Crippen molar-refractivity contribution in [3.63, 3.8) is 0 Å². The third-order valence-corrected chi connectivity index (χ3v) is 6.96. The van der Waals surface area contributed by atoms with Gasteiger partial charge < -0.3 is 18.0 Å². The van der Waals surface area contributed by atoms with Crippen molar-refractivity contribution in [3.05, 3.63) is 24.3 Å². The summed E-state index contributed by atoms with van der Waals surface area (Å²) >= 11 is 0. The van der Waals surface area contributed by atoms with Crippen molar-refractivity contribution in [2.24, 2.45) is 0 Å². The highest BCUT2D eigenvalue weighted by molar-refractivity contribution is 6.75. The zero-order valence-corrected chi connectivity index (χ0v) is 11.3. The van der Waals surface area contributed by atoms with Crippen LogP contribution in [-0.4, -0.2) is 34.2 Å². The molecule has 5 rings (SSSR count). The van der Waals surface area contributed by atoms with E-state index in [4.69, 9.17) is 18.0 Å². The molecule has 1 aromatic rings. The Hall–Kier alpha value is -0.883. The molecule has 1 saturated carbocycles. The summed E-state index contributed by atoms with van der Waals surface area (Å²) in [4.78, 5) is 0. The van der Waals surface area contributed by atoms with Crippen LogP contribution < -0.4 is 9.92 Å². The molecule has 4 aliphatic rings. The van der Waals surface area contributed by atoms with Gasteiger partial charge in [-0.1, -0.05) is 12.1 Å². The van der Waals surface area contributed by atoms with E-state index in [-0.39, 0.29) is 0 Å². The van der Waals surface area contributed by atoms with Gasteiger partial charge in [0.1, 0.15) is 5.75 Å². The molecule has 3 saturated heterocycles. The van der Waals surface area contributed by atoms with Gasteiger partial charge in [-0.15, -0.1) is 0 Å². The number of benzene rings is 1. The van der Waals surface area contributed by atoms with E-state index in [1.807, 2.05) is 24.3 Å². The lowest BCUT2D eigenvalue weighted by molar-refractivity contribution is -0.161. The van der Waals surface area contributed by atoms with E-state index in [0.29, 0.717) is 18.3 Å². The predicted molar refractivity (Wildman–Crippen MR) is 66.9 cm³/mol. The van der Waals surface area contributed by atoms with E-state index < -0.39 is 8.80 Å². The summed E-state index contributed by atoms with van der Waals surface area (Å²) in [6.07, 6.45) is 4.11. The number of rotatable bonds is 2. The van der Waals surface area contributed by atoms with E-state index in [0.717, 1.165) is 30.2 Å². The standard InChI is InChI=1S/C13H16O4Si/c1-14-9-2-4-13(5-3-9)18-15-10-6-11(16-18)8-12(7-10)17-18/h2-5,10-12H,6-8H2,1H3. The Kier molecular flexibility index (Phi) is 2.32. The van der Waals surface area contributed by atoms with Gasteiger partial charge in [-0.25, -0.2) is 0 Å². The van der Waals surface area contributed by atoms with Crippen molar-refractivity contribution < 1.29 is 18.0 Å². The quantitative estimate of drug-likeness (QED) is 0.752. The fraction of sp³-hybridized carbons (Fsp3) is 0.538. The van der Waals surface area contributed by atoms with E-state index in [1.165, 1.54) is 0 Å². The molecule has 4 fully saturated rings. The van der Waals surface area contributed by atoms with Gasteiger partial charge >= 0.3 is 8.80 Å². The van der Waals surface area contributed by atoms with Crippen molar-refractivity contribution in [2.75, 3.05) is 7.11 Å². The second-order valence-corrected chi connectivity index (χ2v) is 7.61. The van der Waals surface area contributed by atoms with Crippen molar-refractivity contribution in [1.82, 2.24) is 0 Å². The van der Waals surface area contributed by atoms with Crippen molar-refractivity contribution in [1.29, 1.82) is 0 Å². The smallest absolute Gasteiger partial charge is 0.497 e. The van der Waals surface area contributed by atoms with Crippen molar-refractivity contribution >= 4 is 14.0 Å². The largest absolute Gasteiger partial charge is 0.537 e. The van der Waals surface area contributed by atoms with Crippen LogP contribution in [0.4, 0.5) is 0 Å². The molecular formula is C13H16O4Si. The molecule has 3 heterocycles. The molecule has 1 aliphatic carbocycles. The summed E-state index contributed by atoms with van der Waals surface area (Å²) < 4.78 is 23.6. The first-order chi connectivity index (χ1) is 8.77. The molecular weight excluding hydrogens is 248 g/mol. The highest BCUT2D eigenvalue weighted by atomic mass is 28.4. The molecule has 4 nitrogen and oxygen atoms in total. The van der Waals surface area contributed by atoms with Crippen LogP contribution in [0.2, 0.25) is 0 Å². The van der Waals surface area contributed by atoms with Gasteiger partial charge in [0.05, 0.1) is 25.4 Å². The Balaban J connectivity index is 1.70. The van der Waals surface area contributed by atoms with Gasteiger partial charge in [-0.3, -0.25) is 0 Å². The van der Waals surface area contributed by atoms with Crippen LogP contribution in [-0.2, 0) is 13.3 Å². The third-order valence-electron chi connectivity index (χ3n) is 3.99. The molecule has 0 atom stereocenters. The summed E-state index contributed by atoms with van der Waals surface area (Å²) in [5.41, 5.74) is 0. The summed E-state index contributed by atoms with van der Waals surface area (Å²) in [5.74, 6) is 0.845. The first-order valence-corrected chi connectivity index (χ1v) is 8.18. The van der Waals surface area contributed by atoms with Gasteiger partial charge in [-0.2, -0.15) is 0 Å². The Morgan fingerprint density at radius 3 is 1.89 bits per heavy atom. The topological polar surface area (TPSA) is 36.9 Å². The van der Waals surface area contributed by atoms with Crippen LogP contribution >= 0.6 is 0 Å². The molecule has 18 heavy (non-hydrogen) atoms. The highest BCUT2D eigenvalue weighted by Gasteiger charge is 2.60. The molecule has 0 amide bonds. The maximum Gasteiger partial charge on any atom is 0.537 e. The molecule has 0 spiro atoms. The Bertz CT molecular complexity index is 423. The molecule has 0 unspecified atom stereocenters. The molecule has 4 bridgehead atoms. The maximum atomic E-state index is 6.12. The average molecular weight is 264 g/mol. The predicted octanol–water partition coefficient (Wildman–Crippen LogP) is 1.21. The first-order valence-electron chi connectivity index (χ1n) is 6.45. The number of hydrogen-bond donors (Lipinski definition) is 0. The Morgan fingerprint density at radius 2 is 1.44 bits per heavy atom. The van der Waals surface area contributed by atoms with Crippen LogP contribution in [0.3, 0.4) is 0 Å². The zero-order chi connectivity index (χ0) is 12.2. The fourth-order valence-corrected chi connectivity index (χ4v) is 6.24. The third kappa shape index (κ3) is 1.55. The highest BCUT2D eigenvalue weighted by Crippen LogP contribution is 2.42. The van der Waals surface area contributed by atoms with Crippen LogP contribution in [0.5, 0.6) is 5.75 Å². The van der Waals surface area contributed by atoms with E-state index >= 15 is 0 Å². The van der Waals surface area contributed by atoms with Crippen LogP contribution in [0.1, 0.15) is 19.3 Å². The van der Waals surface area contributed by atoms with Gasteiger partial charge in [-0.05, 0) is 31.4 Å². The minimum atomic E-state index is -2.61. The van der Waals surface area contributed by atoms with E-state index in [2.05, 4.69) is 0 Å². The summed E-state index contributed by atoms with van der Waals surface area (Å²) in [6.45, 7) is 0. The normalized spacial score (nSPS) is 41.1. The van der Waals surface area contributed by atoms with Gasteiger partial charge in [0.25, 0.3) is 0 Å². The maximum absolute atomic E-state index is 6.12. The number of methoxy groups -OCH3 is 1. The van der Waals surface area contributed by atoms with Crippen LogP contribution in [0.25, 0.3) is 0 Å². The molecule has 0 N–H and O–H groups in total. The SMILES string of the molecule is COc1ccc([Si]23OC4CC(CC(C4)O2)O3)cc1. The number of ether oxygens (including phenoxy) is 1. The molecule has 0 aromatic heterocycles. The molecule has 3 aliphatic heterocycles. The second kappa shape index (κ2) is 3.80. The fourth-order valence-electron chi connectivity index (χ4n) is 3.20. The van der Waals surface area contributed by atoms with Gasteiger partial charge in [0, 0.05) is 5.19 Å². The van der Waals surface area contributed by atoms with Gasteiger partial charge in [0.15, 0.2) is 0 Å². The minimum absolute atomic E-state index is 0.338. The minimum Gasteiger partial charge on any atom is -0.497 e. The molecule has 96 valence electrons. The van der Waals surface area contributed by atoms with Crippen LogP contribution in [0.15, 0.2) is 24.3 Å². The average Bonchev–Trinajstić information content (AvgIpc) is 2.37. The summed E-state index contributed by atoms with van der Waals surface area (Å²) in [7, 11) is -0.946. The molecule has 1 aromatic carbocycles. The lowest BCUT2D eigenvalue weighted by atomic mass is 9.93. The lowest BCUT2D eigenvalue weighted by Gasteiger charge is -2.53. The van der Waals surface area contributed by atoms with Crippen molar-refractivity contribution in [2.45, 2.75) is 37.6 Å². The summed E-state index contributed by atoms with van der Waals surface area (Å²) in [5, 5.41) is 1.06. The zero-order valence-electron chi connectivity index (χ0n) is 10.3. The first kappa shape index (κ1) is 11.0. The monoisotopic (exact) mass is 264 g/mol. The number of hydrogen-bond acceptors (Lipinski definition) is 4. The Morgan fingerprint density at radius 1 is 0.944 bits per heavy atom.